The van der Waals surface area contributed by atoms with Crippen LogP contribution in [0.4, 0.5) is 10.1 Å². The fourth-order valence-corrected chi connectivity index (χ4v) is 4.15. The van der Waals surface area contributed by atoms with Gasteiger partial charge in [-0.15, -0.1) is 11.8 Å². The lowest BCUT2D eigenvalue weighted by atomic mass is 10.2. The van der Waals surface area contributed by atoms with Crippen LogP contribution in [0.3, 0.4) is 0 Å². The maximum atomic E-state index is 13.3. The molecule has 36 heavy (non-hydrogen) atoms. The number of imidazole rings is 1. The summed E-state index contributed by atoms with van der Waals surface area (Å²) >= 11 is 6.96. The summed E-state index contributed by atoms with van der Waals surface area (Å²) in [5.41, 5.74) is 2.77. The number of anilines is 1. The van der Waals surface area contributed by atoms with Crippen LogP contribution in [0.5, 0.6) is 0 Å². The van der Waals surface area contributed by atoms with E-state index in [-0.39, 0.29) is 22.6 Å². The maximum absolute atomic E-state index is 13.3. The van der Waals surface area contributed by atoms with Gasteiger partial charge in [0.2, 0.25) is 0 Å². The predicted octanol–water partition coefficient (Wildman–Crippen LogP) is 6.35. The van der Waals surface area contributed by atoms with E-state index in [0.29, 0.717) is 34.2 Å². The Morgan fingerprint density at radius 1 is 1.22 bits per heavy atom. The van der Waals surface area contributed by atoms with Crippen molar-refractivity contribution in [2.75, 3.05) is 11.6 Å². The number of aromatic nitrogens is 4. The summed E-state index contributed by atoms with van der Waals surface area (Å²) in [6.45, 7) is 0. The van der Waals surface area contributed by atoms with E-state index in [1.165, 1.54) is 30.0 Å². The average Bonchev–Trinajstić information content (AvgIpc) is 3.60. The molecule has 0 radical (unpaired) electrons. The van der Waals surface area contributed by atoms with Crippen LogP contribution in [0.2, 0.25) is 0 Å². The first kappa shape index (κ1) is 23.6. The highest BCUT2D eigenvalue weighted by molar-refractivity contribution is 7.98. The lowest BCUT2D eigenvalue weighted by Gasteiger charge is -2.05. The molecule has 0 fully saturated rings. The molecule has 5 rings (SSSR count). The van der Waals surface area contributed by atoms with Crippen molar-refractivity contribution < 1.29 is 13.6 Å². The van der Waals surface area contributed by atoms with Crippen molar-refractivity contribution >= 4 is 57.2 Å². The molecule has 3 heterocycles. The molecule has 0 aliphatic carbocycles. The minimum absolute atomic E-state index is 0.0989. The van der Waals surface area contributed by atoms with Gasteiger partial charge in [-0.1, -0.05) is 11.6 Å². The zero-order valence-corrected chi connectivity index (χ0v) is 20.3. The SMILES string of the molecule is CSc1cc(C(=O)Nc2ccc3oc(-c4cnc(/C=C\C(=N)Cl)[nH]4)cc3c2)nn1-c1ccc(F)cc1. The Labute approximate surface area is 213 Å². The zero-order chi connectivity index (χ0) is 25.2. The third kappa shape index (κ3) is 4.95. The highest BCUT2D eigenvalue weighted by Gasteiger charge is 2.16. The summed E-state index contributed by atoms with van der Waals surface area (Å²) < 4.78 is 20.8. The molecule has 2 aromatic carbocycles. The van der Waals surface area contributed by atoms with Crippen LogP contribution in [0.15, 0.2) is 76.3 Å². The third-order valence-electron chi connectivity index (χ3n) is 5.21. The quantitative estimate of drug-likeness (QED) is 0.171. The number of hydrogen-bond donors (Lipinski definition) is 3. The smallest absolute Gasteiger partial charge is 0.276 e. The Balaban J connectivity index is 1.36. The van der Waals surface area contributed by atoms with Crippen molar-refractivity contribution in [3.05, 3.63) is 84.2 Å². The minimum Gasteiger partial charge on any atom is -0.454 e. The number of benzene rings is 2. The van der Waals surface area contributed by atoms with Crippen molar-refractivity contribution in [2.24, 2.45) is 0 Å². The van der Waals surface area contributed by atoms with Crippen LogP contribution < -0.4 is 5.32 Å². The van der Waals surface area contributed by atoms with Gasteiger partial charge in [-0.25, -0.2) is 14.1 Å². The number of hydrogen-bond acceptors (Lipinski definition) is 6. The molecule has 180 valence electrons. The molecule has 3 N–H and O–H groups in total. The Morgan fingerprint density at radius 3 is 2.78 bits per heavy atom. The second-order valence-corrected chi connectivity index (χ2v) is 8.87. The van der Waals surface area contributed by atoms with E-state index < -0.39 is 0 Å². The van der Waals surface area contributed by atoms with Crippen LogP contribution in [0, 0.1) is 11.2 Å². The molecule has 5 aromatic rings. The van der Waals surface area contributed by atoms with E-state index >= 15 is 0 Å². The van der Waals surface area contributed by atoms with Crippen LogP contribution >= 0.6 is 23.4 Å². The Bertz CT molecular complexity index is 1620. The van der Waals surface area contributed by atoms with Crippen LogP contribution in [0.25, 0.3) is 34.2 Å². The molecule has 3 aromatic heterocycles. The highest BCUT2D eigenvalue weighted by atomic mass is 35.5. The number of nitrogens with one attached hydrogen (secondary N) is 3. The summed E-state index contributed by atoms with van der Waals surface area (Å²) in [6.07, 6.45) is 6.52. The molecular formula is C25H18ClFN6O2S. The first-order chi connectivity index (χ1) is 17.4. The molecule has 1 amide bonds. The lowest BCUT2D eigenvalue weighted by Crippen LogP contribution is -2.13. The van der Waals surface area contributed by atoms with Gasteiger partial charge < -0.3 is 14.7 Å². The first-order valence-electron chi connectivity index (χ1n) is 10.6. The predicted molar refractivity (Wildman–Crippen MR) is 140 cm³/mol. The average molecular weight is 521 g/mol. The van der Waals surface area contributed by atoms with Gasteiger partial charge in [0.05, 0.1) is 11.9 Å². The minimum atomic E-state index is -0.371. The number of aromatic amines is 1. The Hall–Kier alpha value is -4.15. The van der Waals surface area contributed by atoms with Gasteiger partial charge in [-0.2, -0.15) is 5.10 Å². The van der Waals surface area contributed by atoms with Gasteiger partial charge in [-0.3, -0.25) is 10.2 Å². The van der Waals surface area contributed by atoms with Gasteiger partial charge in [0.25, 0.3) is 5.91 Å². The number of H-pyrrole nitrogens is 1. The number of thioether (sulfide) groups is 1. The van der Waals surface area contributed by atoms with Gasteiger partial charge in [0.15, 0.2) is 11.5 Å². The monoisotopic (exact) mass is 520 g/mol. The molecule has 0 saturated carbocycles. The van der Waals surface area contributed by atoms with E-state index in [0.717, 1.165) is 10.4 Å². The second kappa shape index (κ2) is 9.84. The van der Waals surface area contributed by atoms with Crippen molar-refractivity contribution in [1.82, 2.24) is 19.7 Å². The van der Waals surface area contributed by atoms with Gasteiger partial charge in [0.1, 0.15) is 33.1 Å². The number of nitrogens with zero attached hydrogens (tertiary/aromatic N) is 3. The third-order valence-corrected chi connectivity index (χ3v) is 6.05. The molecule has 0 unspecified atom stereocenters. The number of furan rings is 1. The summed E-state index contributed by atoms with van der Waals surface area (Å²) in [7, 11) is 0. The van der Waals surface area contributed by atoms with E-state index in [2.05, 4.69) is 20.4 Å². The second-order valence-electron chi connectivity index (χ2n) is 7.64. The van der Waals surface area contributed by atoms with E-state index in [4.69, 9.17) is 21.4 Å². The van der Waals surface area contributed by atoms with Gasteiger partial charge in [-0.05, 0) is 66.9 Å². The largest absolute Gasteiger partial charge is 0.454 e. The lowest BCUT2D eigenvalue weighted by molar-refractivity contribution is 0.102. The van der Waals surface area contributed by atoms with Crippen molar-refractivity contribution in [3.8, 4) is 17.1 Å². The van der Waals surface area contributed by atoms with E-state index in [1.807, 2.05) is 12.3 Å². The molecule has 0 bridgehead atoms. The molecular weight excluding hydrogens is 503 g/mol. The maximum Gasteiger partial charge on any atom is 0.276 e. The van der Waals surface area contributed by atoms with Crippen LogP contribution in [-0.2, 0) is 0 Å². The fourth-order valence-electron chi connectivity index (χ4n) is 3.54. The van der Waals surface area contributed by atoms with E-state index in [9.17, 15) is 9.18 Å². The number of allylic oxidation sites excluding steroid dienone is 1. The van der Waals surface area contributed by atoms with Gasteiger partial charge in [0, 0.05) is 17.1 Å². The summed E-state index contributed by atoms with van der Waals surface area (Å²) in [5, 5.41) is 16.0. The van der Waals surface area contributed by atoms with Gasteiger partial charge >= 0.3 is 0 Å². The summed E-state index contributed by atoms with van der Waals surface area (Å²) in [6, 6.07) is 14.8. The molecule has 11 heteroatoms. The van der Waals surface area contributed by atoms with Crippen LogP contribution in [-0.4, -0.2) is 37.1 Å². The highest BCUT2D eigenvalue weighted by Crippen LogP contribution is 2.29. The summed E-state index contributed by atoms with van der Waals surface area (Å²) in [5.74, 6) is 0.395. The fraction of sp³-hybridized carbons (Fsp3) is 0.0400. The van der Waals surface area contributed by atoms with E-state index in [1.54, 1.807) is 53.4 Å². The zero-order valence-electron chi connectivity index (χ0n) is 18.8. The number of carbonyl (C=O) groups is 1. The Kier molecular flexibility index (Phi) is 6.45. The molecule has 0 saturated heterocycles. The topological polar surface area (TPSA) is 113 Å². The number of amides is 1. The van der Waals surface area contributed by atoms with Crippen molar-refractivity contribution in [2.45, 2.75) is 5.03 Å². The van der Waals surface area contributed by atoms with Crippen molar-refractivity contribution in [3.63, 3.8) is 0 Å². The number of halogens is 2. The first-order valence-corrected chi connectivity index (χ1v) is 12.2. The standard InChI is InChI=1S/C25H18ClFN6O2S/c1-36-24-12-18(32-33(24)17-5-2-15(27)3-6-17)25(34)30-16-4-7-20-14(10-16)11-21(35-20)19-13-29-23(31-19)9-8-22(26)28/h2-13,28H,1H3,(H,29,31)(H,30,34)/b9-8-,28-22?. The Morgan fingerprint density at radius 2 is 2.03 bits per heavy atom. The molecule has 0 aliphatic rings. The normalized spacial score (nSPS) is 11.4. The molecule has 0 aliphatic heterocycles. The van der Waals surface area contributed by atoms with Crippen LogP contribution in [0.1, 0.15) is 16.3 Å². The summed E-state index contributed by atoms with van der Waals surface area (Å²) in [4.78, 5) is 20.2. The number of carbonyl (C=O) groups excluding carboxylic acids is 1. The number of rotatable bonds is 7. The molecule has 0 spiro atoms. The molecule has 0 atom stereocenters. The van der Waals surface area contributed by atoms with Crippen molar-refractivity contribution in [1.29, 1.82) is 5.41 Å². The number of fused-ring (bicyclic) bond motifs is 1. The molecule has 8 nitrogen and oxygen atoms in total.